The van der Waals surface area contributed by atoms with Crippen molar-refractivity contribution in [2.24, 2.45) is 0 Å². The minimum absolute atomic E-state index is 0.158. The molecule has 1 aliphatic rings. The fourth-order valence-electron chi connectivity index (χ4n) is 2.57. The zero-order chi connectivity index (χ0) is 12.1. The predicted octanol–water partition coefficient (Wildman–Crippen LogP) is 3.81. The van der Waals surface area contributed by atoms with Crippen molar-refractivity contribution in [3.63, 3.8) is 0 Å². The Morgan fingerprint density at radius 1 is 1.29 bits per heavy atom. The van der Waals surface area contributed by atoms with Crippen molar-refractivity contribution in [2.75, 3.05) is 12.4 Å². The van der Waals surface area contributed by atoms with E-state index in [1.807, 2.05) is 12.1 Å². The zero-order valence-electron chi connectivity index (χ0n) is 10.0. The fourth-order valence-corrected chi connectivity index (χ4v) is 2.72. The first-order valence-corrected chi connectivity index (χ1v) is 6.87. The maximum absolute atomic E-state index is 12.8. The molecule has 0 N–H and O–H groups in total. The van der Waals surface area contributed by atoms with Gasteiger partial charge in [-0.1, -0.05) is 12.1 Å². The van der Waals surface area contributed by atoms with Crippen molar-refractivity contribution in [1.29, 1.82) is 0 Å². The van der Waals surface area contributed by atoms with Crippen LogP contribution in [0, 0.1) is 5.82 Å². The highest BCUT2D eigenvalue weighted by molar-refractivity contribution is 6.17. The van der Waals surface area contributed by atoms with Crippen LogP contribution in [0.4, 0.5) is 4.39 Å². The zero-order valence-corrected chi connectivity index (χ0v) is 10.8. The summed E-state index contributed by atoms with van der Waals surface area (Å²) >= 11 is 5.75. The molecule has 1 nitrogen and oxygen atoms in total. The topological polar surface area (TPSA) is 3.24 Å². The van der Waals surface area contributed by atoms with Crippen LogP contribution in [0.2, 0.25) is 0 Å². The minimum Gasteiger partial charge on any atom is -0.296 e. The van der Waals surface area contributed by atoms with E-state index < -0.39 is 0 Å². The standard InChI is InChI=1S/C14H19ClFN/c15-9-1-3-14-4-2-10-17(14)11-12-5-7-13(16)8-6-12/h5-8,14H,1-4,9-11H2. The van der Waals surface area contributed by atoms with Gasteiger partial charge in [-0.2, -0.15) is 0 Å². The molecule has 1 fully saturated rings. The Labute approximate surface area is 108 Å². The second kappa shape index (κ2) is 6.36. The van der Waals surface area contributed by atoms with Crippen LogP contribution in [0.1, 0.15) is 31.2 Å². The van der Waals surface area contributed by atoms with Gasteiger partial charge in [0.05, 0.1) is 0 Å². The molecular weight excluding hydrogens is 237 g/mol. The van der Waals surface area contributed by atoms with Gasteiger partial charge >= 0.3 is 0 Å². The van der Waals surface area contributed by atoms with Gasteiger partial charge in [0.2, 0.25) is 0 Å². The maximum Gasteiger partial charge on any atom is 0.123 e. The van der Waals surface area contributed by atoms with Crippen LogP contribution in [0.25, 0.3) is 0 Å². The summed E-state index contributed by atoms with van der Waals surface area (Å²) < 4.78 is 12.8. The molecule has 0 spiro atoms. The molecule has 1 unspecified atom stereocenters. The summed E-state index contributed by atoms with van der Waals surface area (Å²) in [4.78, 5) is 2.50. The molecule has 0 amide bonds. The summed E-state index contributed by atoms with van der Waals surface area (Å²) in [5, 5.41) is 0. The number of hydrogen-bond donors (Lipinski definition) is 0. The lowest BCUT2D eigenvalue weighted by Crippen LogP contribution is -2.28. The summed E-state index contributed by atoms with van der Waals surface area (Å²) in [5.74, 6) is 0.592. The normalized spacial score (nSPS) is 20.9. The number of alkyl halides is 1. The molecule has 1 aliphatic heterocycles. The number of hydrogen-bond acceptors (Lipinski definition) is 1. The highest BCUT2D eigenvalue weighted by atomic mass is 35.5. The third-order valence-electron chi connectivity index (χ3n) is 3.47. The van der Waals surface area contributed by atoms with E-state index in [1.54, 1.807) is 12.1 Å². The molecule has 3 heteroatoms. The van der Waals surface area contributed by atoms with Gasteiger partial charge in [0, 0.05) is 18.5 Å². The fraction of sp³-hybridized carbons (Fsp3) is 0.571. The van der Waals surface area contributed by atoms with Crippen LogP contribution in [0.5, 0.6) is 0 Å². The highest BCUT2D eigenvalue weighted by Gasteiger charge is 2.23. The lowest BCUT2D eigenvalue weighted by molar-refractivity contribution is 0.233. The van der Waals surface area contributed by atoms with E-state index in [-0.39, 0.29) is 5.82 Å². The largest absolute Gasteiger partial charge is 0.296 e. The average molecular weight is 256 g/mol. The Morgan fingerprint density at radius 2 is 2.06 bits per heavy atom. The number of benzene rings is 1. The first kappa shape index (κ1) is 12.8. The van der Waals surface area contributed by atoms with Gasteiger partial charge in [-0.3, -0.25) is 4.90 Å². The second-order valence-corrected chi connectivity index (χ2v) is 5.10. The highest BCUT2D eigenvalue weighted by Crippen LogP contribution is 2.23. The first-order chi connectivity index (χ1) is 8.29. The smallest absolute Gasteiger partial charge is 0.123 e. The Morgan fingerprint density at radius 3 is 2.76 bits per heavy atom. The molecule has 1 aromatic rings. The van der Waals surface area contributed by atoms with Gasteiger partial charge in [0.15, 0.2) is 0 Å². The maximum atomic E-state index is 12.8. The lowest BCUT2D eigenvalue weighted by atomic mass is 10.1. The van der Waals surface area contributed by atoms with E-state index >= 15 is 0 Å². The molecule has 0 saturated carbocycles. The SMILES string of the molecule is Fc1ccc(CN2CCCC2CCCCl)cc1. The number of halogens is 2. The van der Waals surface area contributed by atoms with Gasteiger partial charge in [0.25, 0.3) is 0 Å². The monoisotopic (exact) mass is 255 g/mol. The van der Waals surface area contributed by atoms with Crippen LogP contribution in [-0.2, 0) is 6.54 Å². The van der Waals surface area contributed by atoms with Crippen molar-refractivity contribution in [3.8, 4) is 0 Å². The van der Waals surface area contributed by atoms with E-state index in [4.69, 9.17) is 11.6 Å². The molecule has 0 aliphatic carbocycles. The van der Waals surface area contributed by atoms with Gasteiger partial charge in [-0.25, -0.2) is 4.39 Å². The quantitative estimate of drug-likeness (QED) is 0.724. The van der Waals surface area contributed by atoms with Crippen LogP contribution in [0.15, 0.2) is 24.3 Å². The van der Waals surface area contributed by atoms with Crippen molar-refractivity contribution >= 4 is 11.6 Å². The van der Waals surface area contributed by atoms with Gasteiger partial charge in [-0.15, -0.1) is 11.6 Å². The summed E-state index contributed by atoms with van der Waals surface area (Å²) in [6, 6.07) is 7.51. The Kier molecular flexibility index (Phi) is 4.81. The number of likely N-dealkylation sites (tertiary alicyclic amines) is 1. The van der Waals surface area contributed by atoms with E-state index in [0.717, 1.165) is 25.4 Å². The number of nitrogens with zero attached hydrogens (tertiary/aromatic N) is 1. The molecule has 1 saturated heterocycles. The molecule has 1 atom stereocenters. The molecule has 1 heterocycles. The van der Waals surface area contributed by atoms with Gasteiger partial charge < -0.3 is 0 Å². The molecule has 94 valence electrons. The van der Waals surface area contributed by atoms with E-state index in [1.165, 1.54) is 24.8 Å². The summed E-state index contributed by atoms with van der Waals surface area (Å²) in [7, 11) is 0. The van der Waals surface area contributed by atoms with Crippen molar-refractivity contribution in [1.82, 2.24) is 4.90 Å². The molecular formula is C14H19ClFN. The lowest BCUT2D eigenvalue weighted by Gasteiger charge is -2.24. The van der Waals surface area contributed by atoms with Crippen LogP contribution >= 0.6 is 11.6 Å². The summed E-state index contributed by atoms with van der Waals surface area (Å²) in [5.41, 5.74) is 1.20. The predicted molar refractivity (Wildman–Crippen MR) is 69.8 cm³/mol. The van der Waals surface area contributed by atoms with Crippen molar-refractivity contribution < 1.29 is 4.39 Å². The molecule has 0 bridgehead atoms. The van der Waals surface area contributed by atoms with Crippen LogP contribution in [0.3, 0.4) is 0 Å². The van der Waals surface area contributed by atoms with Crippen LogP contribution < -0.4 is 0 Å². The van der Waals surface area contributed by atoms with Crippen molar-refractivity contribution in [2.45, 2.75) is 38.3 Å². The van der Waals surface area contributed by atoms with Gasteiger partial charge in [0.1, 0.15) is 5.82 Å². The van der Waals surface area contributed by atoms with Crippen molar-refractivity contribution in [3.05, 3.63) is 35.6 Å². The molecule has 0 aromatic heterocycles. The molecule has 2 rings (SSSR count). The van der Waals surface area contributed by atoms with E-state index in [0.29, 0.717) is 6.04 Å². The Balaban J connectivity index is 1.90. The first-order valence-electron chi connectivity index (χ1n) is 6.34. The Hall–Kier alpha value is -0.600. The van der Waals surface area contributed by atoms with E-state index in [2.05, 4.69) is 4.90 Å². The molecule has 17 heavy (non-hydrogen) atoms. The molecule has 1 aromatic carbocycles. The molecule has 0 radical (unpaired) electrons. The summed E-state index contributed by atoms with van der Waals surface area (Å²) in [6.45, 7) is 2.09. The second-order valence-electron chi connectivity index (χ2n) is 4.72. The van der Waals surface area contributed by atoms with E-state index in [9.17, 15) is 4.39 Å². The average Bonchev–Trinajstić information content (AvgIpc) is 2.77. The minimum atomic E-state index is -0.158. The Bertz CT molecular complexity index is 339. The third kappa shape index (κ3) is 3.68. The summed E-state index contributed by atoms with van der Waals surface area (Å²) in [6.07, 6.45) is 4.82. The van der Waals surface area contributed by atoms with Gasteiger partial charge in [-0.05, 0) is 49.9 Å². The number of rotatable bonds is 5. The van der Waals surface area contributed by atoms with Crippen LogP contribution in [-0.4, -0.2) is 23.4 Å². The third-order valence-corrected chi connectivity index (χ3v) is 3.74.